The molecule has 1 rings (SSSR count). The van der Waals surface area contributed by atoms with Gasteiger partial charge in [0.1, 0.15) is 6.54 Å². The lowest BCUT2D eigenvalue weighted by Crippen LogP contribution is -2.06. The van der Waals surface area contributed by atoms with E-state index in [1.807, 2.05) is 34.6 Å². The molecule has 0 aromatic carbocycles. The van der Waals surface area contributed by atoms with Crippen LogP contribution in [0.2, 0.25) is 0 Å². The summed E-state index contributed by atoms with van der Waals surface area (Å²) in [6.45, 7) is 9.50. The molecule has 14 heavy (non-hydrogen) atoms. The molecule has 0 unspecified atom stereocenters. The van der Waals surface area contributed by atoms with E-state index in [-0.39, 0.29) is 6.54 Å². The normalized spacial score (nSPS) is 8.57. The summed E-state index contributed by atoms with van der Waals surface area (Å²) in [5.74, 6) is 0. The van der Waals surface area contributed by atoms with Crippen molar-refractivity contribution in [2.75, 3.05) is 0 Å². The van der Waals surface area contributed by atoms with Crippen molar-refractivity contribution in [3.63, 3.8) is 0 Å². The fraction of sp³-hybridized carbons (Fsp3) is 0.700. The van der Waals surface area contributed by atoms with Crippen molar-refractivity contribution >= 4 is 0 Å². The van der Waals surface area contributed by atoms with Crippen LogP contribution in [0.25, 0.3) is 0 Å². The van der Waals surface area contributed by atoms with Crippen LogP contribution in [0.5, 0.6) is 0 Å². The second-order valence-corrected chi connectivity index (χ2v) is 2.13. The fourth-order valence-corrected chi connectivity index (χ4v) is 0.708. The number of hydrogen-bond donors (Lipinski definition) is 0. The first-order chi connectivity index (χ1) is 6.68. The number of nitrogens with zero attached hydrogens (tertiary/aromatic N) is 2. The Morgan fingerprint density at radius 2 is 1.79 bits per heavy atom. The van der Waals surface area contributed by atoms with E-state index in [1.54, 1.807) is 12.4 Å². The van der Waals surface area contributed by atoms with Crippen LogP contribution in [0.4, 0.5) is 8.78 Å². The van der Waals surface area contributed by atoms with Gasteiger partial charge in [-0.1, -0.05) is 27.7 Å². The average molecular weight is 206 g/mol. The molecule has 4 heteroatoms. The molecule has 2 nitrogen and oxygen atoms in total. The van der Waals surface area contributed by atoms with Crippen molar-refractivity contribution in [3.05, 3.63) is 18.0 Å². The molecular formula is C10H20F2N2. The Labute approximate surface area is 84.9 Å². The Morgan fingerprint density at radius 3 is 2.07 bits per heavy atom. The molecule has 0 aliphatic heterocycles. The molecule has 1 heterocycles. The minimum Gasteiger partial charge on any atom is -0.267 e. The SMILES string of the molecule is CC.CC.Cc1cnn(CC(F)F)c1. The molecule has 0 bridgehead atoms. The first-order valence-electron chi connectivity index (χ1n) is 4.95. The van der Waals surface area contributed by atoms with Gasteiger partial charge in [0.15, 0.2) is 0 Å². The van der Waals surface area contributed by atoms with Gasteiger partial charge >= 0.3 is 0 Å². The number of hydrogen-bond acceptors (Lipinski definition) is 1. The predicted octanol–water partition coefficient (Wildman–Crippen LogP) is 3.51. The highest BCUT2D eigenvalue weighted by Crippen LogP contribution is 1.99. The maximum absolute atomic E-state index is 11.7. The number of halogens is 2. The summed E-state index contributed by atoms with van der Waals surface area (Å²) in [7, 11) is 0. The van der Waals surface area contributed by atoms with Gasteiger partial charge < -0.3 is 0 Å². The first-order valence-corrected chi connectivity index (χ1v) is 4.95. The lowest BCUT2D eigenvalue weighted by molar-refractivity contribution is 0.122. The van der Waals surface area contributed by atoms with Crippen LogP contribution in [-0.4, -0.2) is 16.2 Å². The van der Waals surface area contributed by atoms with Crippen LogP contribution in [-0.2, 0) is 6.54 Å². The fourth-order valence-electron chi connectivity index (χ4n) is 0.708. The van der Waals surface area contributed by atoms with E-state index in [0.29, 0.717) is 0 Å². The standard InChI is InChI=1S/C6H8F2N2.2C2H6/c1-5-2-9-10(3-5)4-6(7)8;2*1-2/h2-3,6H,4H2,1H3;2*1-2H3. The Kier molecular flexibility index (Phi) is 11.3. The second-order valence-electron chi connectivity index (χ2n) is 2.13. The van der Waals surface area contributed by atoms with Gasteiger partial charge in [-0.05, 0) is 12.5 Å². The second kappa shape index (κ2) is 10.2. The van der Waals surface area contributed by atoms with Crippen molar-refractivity contribution in [2.45, 2.75) is 47.6 Å². The summed E-state index contributed by atoms with van der Waals surface area (Å²) >= 11 is 0. The molecule has 84 valence electrons. The summed E-state index contributed by atoms with van der Waals surface area (Å²) in [6.07, 6.45) is 0.827. The van der Waals surface area contributed by atoms with Gasteiger partial charge in [0, 0.05) is 6.20 Å². The number of aromatic nitrogens is 2. The highest BCUT2D eigenvalue weighted by Gasteiger charge is 2.03. The topological polar surface area (TPSA) is 17.8 Å². The molecule has 0 N–H and O–H groups in total. The van der Waals surface area contributed by atoms with E-state index in [2.05, 4.69) is 5.10 Å². The smallest absolute Gasteiger partial charge is 0.257 e. The summed E-state index contributed by atoms with van der Waals surface area (Å²) in [5, 5.41) is 3.69. The Hall–Kier alpha value is -0.930. The monoisotopic (exact) mass is 206 g/mol. The van der Waals surface area contributed by atoms with Crippen LogP contribution in [0.15, 0.2) is 12.4 Å². The lowest BCUT2D eigenvalue weighted by atomic mass is 10.4. The minimum absolute atomic E-state index is 0.312. The quantitative estimate of drug-likeness (QED) is 0.724. The van der Waals surface area contributed by atoms with E-state index in [4.69, 9.17) is 0 Å². The van der Waals surface area contributed by atoms with Gasteiger partial charge in [-0.15, -0.1) is 0 Å². The van der Waals surface area contributed by atoms with Gasteiger partial charge in [-0.2, -0.15) is 5.10 Å². The zero-order valence-corrected chi connectivity index (χ0v) is 9.59. The molecule has 0 atom stereocenters. The third-order valence-electron chi connectivity index (χ3n) is 1.09. The van der Waals surface area contributed by atoms with E-state index in [0.717, 1.165) is 5.56 Å². The highest BCUT2D eigenvalue weighted by molar-refractivity contribution is 4.99. The van der Waals surface area contributed by atoms with Gasteiger partial charge in [-0.3, -0.25) is 4.68 Å². The molecule has 0 fully saturated rings. The van der Waals surface area contributed by atoms with Gasteiger partial charge in [-0.25, -0.2) is 8.78 Å². The number of aryl methyl sites for hydroxylation is 1. The van der Waals surface area contributed by atoms with E-state index in [9.17, 15) is 8.78 Å². The Morgan fingerprint density at radius 1 is 1.29 bits per heavy atom. The molecule has 0 saturated carbocycles. The van der Waals surface area contributed by atoms with Crippen molar-refractivity contribution in [2.24, 2.45) is 0 Å². The Bertz CT molecular complexity index is 210. The van der Waals surface area contributed by atoms with Crippen LogP contribution in [0.3, 0.4) is 0 Å². The molecule has 0 aliphatic rings. The van der Waals surface area contributed by atoms with Crippen molar-refractivity contribution < 1.29 is 8.78 Å². The molecule has 1 aromatic heterocycles. The summed E-state index contributed by atoms with van der Waals surface area (Å²) in [4.78, 5) is 0. The summed E-state index contributed by atoms with van der Waals surface area (Å²) in [6, 6.07) is 0. The van der Waals surface area contributed by atoms with Gasteiger partial charge in [0.05, 0.1) is 6.20 Å². The first kappa shape index (κ1) is 15.5. The van der Waals surface area contributed by atoms with Gasteiger partial charge in [0.2, 0.25) is 0 Å². The molecule has 0 radical (unpaired) electrons. The van der Waals surface area contributed by atoms with Crippen molar-refractivity contribution in [3.8, 4) is 0 Å². The van der Waals surface area contributed by atoms with Crippen molar-refractivity contribution in [1.82, 2.24) is 9.78 Å². The maximum Gasteiger partial charge on any atom is 0.257 e. The molecule has 1 aromatic rings. The molecular weight excluding hydrogens is 186 g/mol. The number of alkyl halides is 2. The predicted molar refractivity (Wildman–Crippen MR) is 55.7 cm³/mol. The molecule has 0 aliphatic carbocycles. The Balaban J connectivity index is 0. The van der Waals surface area contributed by atoms with E-state index >= 15 is 0 Å². The zero-order valence-electron chi connectivity index (χ0n) is 9.59. The van der Waals surface area contributed by atoms with Crippen molar-refractivity contribution in [1.29, 1.82) is 0 Å². The summed E-state index contributed by atoms with van der Waals surface area (Å²) in [5.41, 5.74) is 0.903. The number of rotatable bonds is 2. The maximum atomic E-state index is 11.7. The van der Waals surface area contributed by atoms with Gasteiger partial charge in [0.25, 0.3) is 6.43 Å². The lowest BCUT2D eigenvalue weighted by Gasteiger charge is -1.96. The third kappa shape index (κ3) is 7.71. The zero-order chi connectivity index (χ0) is 11.6. The summed E-state index contributed by atoms with van der Waals surface area (Å²) < 4.78 is 24.6. The van der Waals surface area contributed by atoms with Crippen LogP contribution < -0.4 is 0 Å². The average Bonchev–Trinajstić information content (AvgIpc) is 2.57. The molecule has 0 amide bonds. The van der Waals surface area contributed by atoms with Crippen LogP contribution in [0, 0.1) is 6.92 Å². The largest absolute Gasteiger partial charge is 0.267 e. The van der Waals surface area contributed by atoms with Crippen LogP contribution >= 0.6 is 0 Å². The molecule has 0 saturated heterocycles. The van der Waals surface area contributed by atoms with Crippen LogP contribution in [0.1, 0.15) is 33.3 Å². The van der Waals surface area contributed by atoms with E-state index in [1.165, 1.54) is 4.68 Å². The molecule has 0 spiro atoms. The van der Waals surface area contributed by atoms with E-state index < -0.39 is 6.43 Å². The highest BCUT2D eigenvalue weighted by atomic mass is 19.3. The third-order valence-corrected chi connectivity index (χ3v) is 1.09. The minimum atomic E-state index is -2.32.